The van der Waals surface area contributed by atoms with Crippen LogP contribution in [-0.4, -0.2) is 43.8 Å². The Balaban J connectivity index is 1.48. The van der Waals surface area contributed by atoms with Crippen LogP contribution >= 0.6 is 11.8 Å². The molecule has 1 saturated carbocycles. The molecule has 0 aliphatic heterocycles. The van der Waals surface area contributed by atoms with E-state index in [0.29, 0.717) is 12.2 Å². The summed E-state index contributed by atoms with van der Waals surface area (Å²) in [5.74, 6) is 0.951. The first kappa shape index (κ1) is 15.8. The molecule has 2 amide bonds. The van der Waals surface area contributed by atoms with E-state index in [4.69, 9.17) is 0 Å². The molecule has 0 unspecified atom stereocenters. The average Bonchev–Trinajstić information content (AvgIpc) is 3.26. The lowest BCUT2D eigenvalue weighted by molar-refractivity contribution is 0.252. The third-order valence-electron chi connectivity index (χ3n) is 3.79. The van der Waals surface area contributed by atoms with Gasteiger partial charge in [0.15, 0.2) is 0 Å². The predicted octanol–water partition coefficient (Wildman–Crippen LogP) is 2.46. The second-order valence-electron chi connectivity index (χ2n) is 5.43. The number of carbonyl (C=O) groups excluding carboxylic acids is 1. The van der Waals surface area contributed by atoms with E-state index in [1.54, 1.807) is 0 Å². The van der Waals surface area contributed by atoms with Crippen LogP contribution in [0.4, 0.5) is 10.5 Å². The van der Waals surface area contributed by atoms with Gasteiger partial charge in [-0.1, -0.05) is 25.0 Å². The molecule has 1 aliphatic rings. The van der Waals surface area contributed by atoms with Crippen LogP contribution in [0.5, 0.6) is 0 Å². The third-order valence-corrected chi connectivity index (χ3v) is 5.17. The molecular weight excluding hydrogens is 312 g/mol. The largest absolute Gasteiger partial charge is 0.337 e. The highest BCUT2D eigenvalue weighted by atomic mass is 32.2. The molecule has 0 saturated heterocycles. The van der Waals surface area contributed by atoms with Crippen molar-refractivity contribution in [2.45, 2.75) is 30.9 Å². The van der Waals surface area contributed by atoms with Crippen LogP contribution in [0, 0.1) is 0 Å². The fourth-order valence-corrected chi connectivity index (χ4v) is 3.88. The fourth-order valence-electron chi connectivity index (χ4n) is 2.66. The third kappa shape index (κ3) is 4.44. The highest BCUT2D eigenvalue weighted by molar-refractivity contribution is 7.99. The molecule has 1 aromatic heterocycles. The molecular formula is C15H20N6OS. The average molecular weight is 332 g/mol. The van der Waals surface area contributed by atoms with Gasteiger partial charge in [-0.15, -0.1) is 5.10 Å². The molecule has 0 atom stereocenters. The van der Waals surface area contributed by atoms with Gasteiger partial charge in [-0.3, -0.25) is 0 Å². The van der Waals surface area contributed by atoms with Gasteiger partial charge in [-0.05, 0) is 35.4 Å². The van der Waals surface area contributed by atoms with Crippen molar-refractivity contribution in [3.05, 3.63) is 30.6 Å². The number of anilines is 1. The van der Waals surface area contributed by atoms with Crippen LogP contribution in [0.25, 0.3) is 5.69 Å². The van der Waals surface area contributed by atoms with Crippen molar-refractivity contribution in [2.75, 3.05) is 17.6 Å². The van der Waals surface area contributed by atoms with Crippen LogP contribution in [-0.2, 0) is 0 Å². The molecule has 1 fully saturated rings. The number of rotatable bonds is 6. The summed E-state index contributed by atoms with van der Waals surface area (Å²) in [6.45, 7) is 0.667. The lowest BCUT2D eigenvalue weighted by atomic mass is 10.2. The maximum Gasteiger partial charge on any atom is 0.319 e. The van der Waals surface area contributed by atoms with Gasteiger partial charge < -0.3 is 10.6 Å². The number of para-hydroxylation sites is 2. The molecule has 7 nitrogen and oxygen atoms in total. The van der Waals surface area contributed by atoms with Gasteiger partial charge in [0.05, 0.1) is 11.4 Å². The van der Waals surface area contributed by atoms with Gasteiger partial charge >= 0.3 is 6.03 Å². The van der Waals surface area contributed by atoms with Gasteiger partial charge in [0.25, 0.3) is 0 Å². The van der Waals surface area contributed by atoms with Crippen LogP contribution in [0.3, 0.4) is 0 Å². The first-order valence-electron chi connectivity index (χ1n) is 7.82. The van der Waals surface area contributed by atoms with E-state index >= 15 is 0 Å². The van der Waals surface area contributed by atoms with E-state index in [1.807, 2.05) is 36.0 Å². The molecule has 122 valence electrons. The highest BCUT2D eigenvalue weighted by Gasteiger charge is 2.15. The summed E-state index contributed by atoms with van der Waals surface area (Å²) in [6.07, 6.45) is 6.82. The molecule has 1 aliphatic carbocycles. The van der Waals surface area contributed by atoms with Crippen molar-refractivity contribution < 1.29 is 4.79 Å². The zero-order valence-electron chi connectivity index (χ0n) is 12.8. The first-order valence-corrected chi connectivity index (χ1v) is 8.86. The lowest BCUT2D eigenvalue weighted by Gasteiger charge is -2.12. The molecule has 0 spiro atoms. The Morgan fingerprint density at radius 1 is 1.30 bits per heavy atom. The van der Waals surface area contributed by atoms with E-state index in [1.165, 1.54) is 36.7 Å². The standard InChI is InChI=1S/C15H20N6OS/c22-15(16-9-10-23-12-5-1-2-6-12)18-13-7-3-4-8-14(13)21-11-17-19-20-21/h3-4,7-8,11-12H,1-2,5-6,9-10H2,(H2,16,18,22). The Kier molecular flexibility index (Phi) is 5.46. The van der Waals surface area contributed by atoms with Gasteiger partial charge in [0.1, 0.15) is 6.33 Å². The normalized spacial score (nSPS) is 14.8. The van der Waals surface area contributed by atoms with E-state index in [9.17, 15) is 4.79 Å². The maximum atomic E-state index is 12.0. The Morgan fingerprint density at radius 3 is 2.91 bits per heavy atom. The number of amides is 2. The Bertz CT molecular complexity index is 627. The Labute approximate surface area is 139 Å². The molecule has 2 aromatic rings. The molecule has 1 heterocycles. The van der Waals surface area contributed by atoms with Crippen LogP contribution in [0.15, 0.2) is 30.6 Å². The molecule has 8 heteroatoms. The van der Waals surface area contributed by atoms with Gasteiger partial charge in [0, 0.05) is 17.5 Å². The van der Waals surface area contributed by atoms with E-state index in [2.05, 4.69) is 26.2 Å². The second-order valence-corrected chi connectivity index (χ2v) is 6.84. The number of nitrogens with one attached hydrogen (secondary N) is 2. The maximum absolute atomic E-state index is 12.0. The zero-order chi connectivity index (χ0) is 15.9. The fraction of sp³-hybridized carbons (Fsp3) is 0.467. The number of nitrogens with zero attached hydrogens (tertiary/aromatic N) is 4. The van der Waals surface area contributed by atoms with Gasteiger partial charge in [-0.25, -0.2) is 4.79 Å². The van der Waals surface area contributed by atoms with Crippen molar-refractivity contribution in [2.24, 2.45) is 0 Å². The molecule has 0 bridgehead atoms. The summed E-state index contributed by atoms with van der Waals surface area (Å²) in [6, 6.07) is 7.20. The molecule has 2 N–H and O–H groups in total. The lowest BCUT2D eigenvalue weighted by Crippen LogP contribution is -2.31. The number of carbonyl (C=O) groups is 1. The number of thioether (sulfide) groups is 1. The summed E-state index contributed by atoms with van der Waals surface area (Å²) in [7, 11) is 0. The summed E-state index contributed by atoms with van der Waals surface area (Å²) in [4.78, 5) is 12.0. The van der Waals surface area contributed by atoms with E-state index in [0.717, 1.165) is 16.7 Å². The Hall–Kier alpha value is -2.09. The summed E-state index contributed by atoms with van der Waals surface area (Å²) in [5, 5.41) is 17.6. The van der Waals surface area contributed by atoms with Crippen molar-refractivity contribution in [3.63, 3.8) is 0 Å². The second kappa shape index (κ2) is 7.96. The number of urea groups is 1. The van der Waals surface area contributed by atoms with Crippen molar-refractivity contribution in [1.82, 2.24) is 25.5 Å². The minimum atomic E-state index is -0.211. The van der Waals surface area contributed by atoms with Crippen molar-refractivity contribution in [1.29, 1.82) is 0 Å². The number of hydrogen-bond donors (Lipinski definition) is 2. The topological polar surface area (TPSA) is 84.7 Å². The van der Waals surface area contributed by atoms with Crippen LogP contribution in [0.2, 0.25) is 0 Å². The molecule has 0 radical (unpaired) electrons. The highest BCUT2D eigenvalue weighted by Crippen LogP contribution is 2.28. The predicted molar refractivity (Wildman–Crippen MR) is 90.9 cm³/mol. The van der Waals surface area contributed by atoms with Crippen molar-refractivity contribution in [3.8, 4) is 5.69 Å². The quantitative estimate of drug-likeness (QED) is 0.794. The number of hydrogen-bond acceptors (Lipinski definition) is 5. The molecule has 23 heavy (non-hydrogen) atoms. The monoisotopic (exact) mass is 332 g/mol. The van der Waals surface area contributed by atoms with E-state index < -0.39 is 0 Å². The zero-order valence-corrected chi connectivity index (χ0v) is 13.6. The summed E-state index contributed by atoms with van der Waals surface area (Å²) in [5.41, 5.74) is 1.40. The van der Waals surface area contributed by atoms with Crippen LogP contribution in [0.1, 0.15) is 25.7 Å². The molecule has 3 rings (SSSR count). The van der Waals surface area contributed by atoms with Crippen molar-refractivity contribution >= 4 is 23.5 Å². The summed E-state index contributed by atoms with van der Waals surface area (Å²) < 4.78 is 1.52. The minimum absolute atomic E-state index is 0.211. The smallest absolute Gasteiger partial charge is 0.319 e. The number of benzene rings is 1. The summed E-state index contributed by atoms with van der Waals surface area (Å²) >= 11 is 1.96. The molecule has 1 aromatic carbocycles. The SMILES string of the molecule is O=C(NCCSC1CCCC1)Nc1ccccc1-n1cnnn1. The van der Waals surface area contributed by atoms with Crippen LogP contribution < -0.4 is 10.6 Å². The van der Waals surface area contributed by atoms with Gasteiger partial charge in [-0.2, -0.15) is 16.4 Å². The minimum Gasteiger partial charge on any atom is -0.337 e. The first-order chi connectivity index (χ1) is 11.3. The Morgan fingerprint density at radius 2 is 2.13 bits per heavy atom. The number of tetrazole rings is 1. The van der Waals surface area contributed by atoms with Gasteiger partial charge in [0.2, 0.25) is 0 Å². The van der Waals surface area contributed by atoms with E-state index in [-0.39, 0.29) is 6.03 Å². The number of aromatic nitrogens is 4.